The number of carbonyl (C=O) groups is 2. The van der Waals surface area contributed by atoms with E-state index < -0.39 is 6.04 Å². The summed E-state index contributed by atoms with van der Waals surface area (Å²) < 4.78 is 0. The third-order valence-electron chi connectivity index (χ3n) is 8.00. The normalized spacial score (nSPS) is 16.8. The fourth-order valence-electron chi connectivity index (χ4n) is 5.34. The van der Waals surface area contributed by atoms with Crippen LogP contribution >= 0.6 is 11.6 Å². The van der Waals surface area contributed by atoms with Gasteiger partial charge < -0.3 is 30.7 Å². The lowest BCUT2D eigenvalue weighted by Crippen LogP contribution is -2.46. The molecule has 0 bridgehead atoms. The zero-order valence-electron chi connectivity index (χ0n) is 25.3. The fraction of sp³-hybridized carbons (Fsp3) is 0.355. The molecule has 230 valence electrons. The van der Waals surface area contributed by atoms with Gasteiger partial charge in [0.25, 0.3) is 5.91 Å². The average molecular weight is 617 g/mol. The number of carbonyl (C=O) groups excluding carboxylic acids is 2. The summed E-state index contributed by atoms with van der Waals surface area (Å²) in [4.78, 5) is 42.1. The molecule has 12 nitrogen and oxygen atoms in total. The first-order valence-electron chi connectivity index (χ1n) is 14.5. The number of benzene rings is 1. The highest BCUT2D eigenvalue weighted by Gasteiger charge is 2.34. The molecule has 1 aromatic carbocycles. The number of aromatic nitrogens is 2. The third-order valence-corrected chi connectivity index (χ3v) is 8.30. The molecular weight excluding hydrogens is 580 g/mol. The lowest BCUT2D eigenvalue weighted by molar-refractivity contribution is -0.125. The molecule has 44 heavy (non-hydrogen) atoms. The van der Waals surface area contributed by atoms with Crippen molar-refractivity contribution >= 4 is 35.1 Å². The molecule has 2 aliphatic heterocycles. The number of likely N-dealkylation sites (N-methyl/N-ethyl adjacent to an activating group) is 1. The number of anilines is 2. The Bertz CT molecular complexity index is 1590. The Kier molecular flexibility index (Phi) is 9.40. The Balaban J connectivity index is 1.27. The minimum absolute atomic E-state index is 0.219. The van der Waals surface area contributed by atoms with Gasteiger partial charge in [-0.3, -0.25) is 9.59 Å². The molecule has 5 rings (SSSR count). The molecule has 2 amide bonds. The van der Waals surface area contributed by atoms with Crippen LogP contribution in [0.4, 0.5) is 11.6 Å². The predicted molar refractivity (Wildman–Crippen MR) is 170 cm³/mol. The molecule has 1 saturated heterocycles. The molecule has 3 aromatic rings. The summed E-state index contributed by atoms with van der Waals surface area (Å²) in [5.41, 5.74) is 10.8. The maximum absolute atomic E-state index is 13.6. The Hall–Kier alpha value is -4.55. The number of nitrogens with one attached hydrogen (secondary N) is 4. The van der Waals surface area contributed by atoms with Gasteiger partial charge in [0.2, 0.25) is 5.91 Å². The van der Waals surface area contributed by atoms with Crippen LogP contribution in [-0.4, -0.2) is 77.9 Å². The lowest BCUT2D eigenvalue weighted by atomic mass is 10.0. The highest BCUT2D eigenvalue weighted by molar-refractivity contribution is 6.33. The van der Waals surface area contributed by atoms with Gasteiger partial charge in [0.05, 0.1) is 16.8 Å². The van der Waals surface area contributed by atoms with Gasteiger partial charge in [-0.15, -0.1) is 5.11 Å². The molecular formula is C31H37ClN10O2. The lowest BCUT2D eigenvalue weighted by Gasteiger charge is -2.33. The van der Waals surface area contributed by atoms with Crippen LogP contribution in [0.1, 0.15) is 41.5 Å². The number of nitrogens with zero attached hydrogens (tertiary/aromatic N) is 6. The zero-order chi connectivity index (χ0) is 31.4. The highest BCUT2D eigenvalue weighted by atomic mass is 35.5. The number of rotatable bonds is 10. The molecule has 1 fully saturated rings. The van der Waals surface area contributed by atoms with Crippen molar-refractivity contribution in [1.82, 2.24) is 30.4 Å². The van der Waals surface area contributed by atoms with Gasteiger partial charge in [0.1, 0.15) is 17.7 Å². The van der Waals surface area contributed by atoms with Crippen molar-refractivity contribution in [2.24, 2.45) is 5.11 Å². The summed E-state index contributed by atoms with van der Waals surface area (Å²) >= 11 is 6.49. The fourth-order valence-corrected chi connectivity index (χ4v) is 5.55. The Labute approximate surface area is 262 Å². The van der Waals surface area contributed by atoms with E-state index in [4.69, 9.17) is 22.1 Å². The van der Waals surface area contributed by atoms with Crippen molar-refractivity contribution in [3.63, 3.8) is 0 Å². The molecule has 0 aliphatic carbocycles. The zero-order valence-corrected chi connectivity index (χ0v) is 26.0. The van der Waals surface area contributed by atoms with Gasteiger partial charge in [-0.1, -0.05) is 29.8 Å². The van der Waals surface area contributed by atoms with Crippen molar-refractivity contribution in [1.29, 1.82) is 5.53 Å². The number of hydrogen-bond acceptors (Lipinski definition) is 10. The molecule has 0 unspecified atom stereocenters. The first-order valence-corrected chi connectivity index (χ1v) is 14.9. The van der Waals surface area contributed by atoms with E-state index in [2.05, 4.69) is 42.9 Å². The predicted octanol–water partition coefficient (Wildman–Crippen LogP) is 4.23. The first-order chi connectivity index (χ1) is 21.2. The minimum atomic E-state index is -0.687. The minimum Gasteiger partial charge on any atom is -0.391 e. The van der Waals surface area contributed by atoms with E-state index in [9.17, 15) is 9.59 Å². The molecule has 2 aromatic heterocycles. The second-order valence-electron chi connectivity index (χ2n) is 11.0. The van der Waals surface area contributed by atoms with Crippen LogP contribution in [0, 0.1) is 5.53 Å². The van der Waals surface area contributed by atoms with Crippen LogP contribution in [0.15, 0.2) is 65.8 Å². The number of halogens is 1. The summed E-state index contributed by atoms with van der Waals surface area (Å²) in [6.45, 7) is 7.76. The third kappa shape index (κ3) is 6.66. The van der Waals surface area contributed by atoms with E-state index in [1.165, 1.54) is 12.4 Å². The summed E-state index contributed by atoms with van der Waals surface area (Å²) in [6, 6.07) is 12.2. The monoisotopic (exact) mass is 616 g/mol. The van der Waals surface area contributed by atoms with Crippen LogP contribution in [0.3, 0.4) is 0 Å². The molecule has 4 N–H and O–H groups in total. The second kappa shape index (κ2) is 13.4. The summed E-state index contributed by atoms with van der Waals surface area (Å²) in [7, 11) is 3.82. The number of fused-ring (bicyclic) bond motifs is 1. The van der Waals surface area contributed by atoms with Crippen LogP contribution in [0.2, 0.25) is 5.02 Å². The topological polar surface area (TPSA) is 142 Å². The van der Waals surface area contributed by atoms with E-state index >= 15 is 0 Å². The highest BCUT2D eigenvalue weighted by Crippen LogP contribution is 2.34. The summed E-state index contributed by atoms with van der Waals surface area (Å²) in [6.07, 6.45) is 3.04. The number of amides is 2. The van der Waals surface area contributed by atoms with E-state index in [-0.39, 0.29) is 23.7 Å². The standard InChI is InChI=1S/C31H37ClN10O2/c1-19(26-6-5-7-29(37-26)41-12-10-40(4)11-13-41)36-30(43)20(2)42-18-22-9-8-21(14-24(22)31(42)44)23-15-27(35-16-25(23)32)38-28(39-33)17-34-3/h5-9,14-17,19-20,33-34H,10-13,18H2,1-4H3,(H,35,38)(H,36,43)/b28-17-,39-33?/t19-,20-/m1/s1. The Morgan fingerprint density at radius 2 is 1.89 bits per heavy atom. The van der Waals surface area contributed by atoms with Crippen LogP contribution in [0.25, 0.3) is 11.1 Å². The molecule has 2 aliphatic rings. The maximum atomic E-state index is 13.6. The number of hydrogen-bond donors (Lipinski definition) is 4. The average Bonchev–Trinajstić information content (AvgIpc) is 3.36. The molecule has 0 radical (unpaired) electrons. The van der Waals surface area contributed by atoms with Crippen molar-refractivity contribution in [3.8, 4) is 11.1 Å². The first kappa shape index (κ1) is 30.9. The van der Waals surface area contributed by atoms with Crippen LogP contribution < -0.4 is 20.9 Å². The smallest absolute Gasteiger partial charge is 0.255 e. The largest absolute Gasteiger partial charge is 0.391 e. The van der Waals surface area contributed by atoms with Gasteiger partial charge >= 0.3 is 0 Å². The van der Waals surface area contributed by atoms with E-state index in [0.717, 1.165) is 48.8 Å². The van der Waals surface area contributed by atoms with E-state index in [0.29, 0.717) is 28.5 Å². The van der Waals surface area contributed by atoms with E-state index in [1.54, 1.807) is 31.0 Å². The quantitative estimate of drug-likeness (QED) is 0.248. The van der Waals surface area contributed by atoms with Crippen molar-refractivity contribution in [3.05, 3.63) is 82.5 Å². The molecule has 2 atom stereocenters. The number of pyridine rings is 2. The maximum Gasteiger partial charge on any atom is 0.255 e. The Morgan fingerprint density at radius 1 is 1.11 bits per heavy atom. The second-order valence-corrected chi connectivity index (χ2v) is 11.4. The van der Waals surface area contributed by atoms with Gasteiger partial charge in [-0.25, -0.2) is 15.5 Å². The molecule has 13 heteroatoms. The Morgan fingerprint density at radius 3 is 2.61 bits per heavy atom. The summed E-state index contributed by atoms with van der Waals surface area (Å²) in [5, 5.41) is 12.7. The molecule has 0 saturated carbocycles. The molecule has 4 heterocycles. The van der Waals surface area contributed by atoms with Crippen molar-refractivity contribution in [2.45, 2.75) is 32.5 Å². The molecule has 0 spiro atoms. The van der Waals surface area contributed by atoms with Gasteiger partial charge in [0.15, 0.2) is 5.82 Å². The summed E-state index contributed by atoms with van der Waals surface area (Å²) in [5.74, 6) is 1.16. The number of piperazine rings is 1. The van der Waals surface area contributed by atoms with Crippen LogP contribution in [-0.2, 0) is 11.3 Å². The van der Waals surface area contributed by atoms with Gasteiger partial charge in [-0.05, 0) is 56.3 Å². The van der Waals surface area contributed by atoms with Gasteiger partial charge in [-0.2, -0.15) is 0 Å². The van der Waals surface area contributed by atoms with Crippen molar-refractivity contribution < 1.29 is 9.59 Å². The SMILES string of the molecule is CN/C=C(\N=N)Nc1cc(-c2ccc3c(c2)C(=O)N([C@H](C)C(=O)N[C@H](C)c2cccc(N4CCN(C)CC4)n2)C3)c(Cl)cn1. The van der Waals surface area contributed by atoms with Crippen LogP contribution in [0.5, 0.6) is 0 Å². The van der Waals surface area contributed by atoms with Gasteiger partial charge in [0, 0.05) is 63.3 Å². The van der Waals surface area contributed by atoms with Crippen molar-refractivity contribution in [2.75, 3.05) is 50.5 Å². The van der Waals surface area contributed by atoms with E-state index in [1.807, 2.05) is 37.3 Å².